The summed E-state index contributed by atoms with van der Waals surface area (Å²) in [7, 11) is 0. The number of ether oxygens (including phenoxy) is 1. The zero-order chi connectivity index (χ0) is 21.2. The van der Waals surface area contributed by atoms with E-state index in [2.05, 4.69) is 16.3 Å². The Morgan fingerprint density at radius 3 is 2.63 bits per heavy atom. The fourth-order valence-electron chi connectivity index (χ4n) is 3.82. The molecule has 2 N–H and O–H groups in total. The van der Waals surface area contributed by atoms with Crippen molar-refractivity contribution in [3.05, 3.63) is 65.5 Å². The van der Waals surface area contributed by atoms with Crippen LogP contribution in [0.2, 0.25) is 0 Å². The van der Waals surface area contributed by atoms with Crippen LogP contribution in [0.1, 0.15) is 36.8 Å². The molecule has 6 heteroatoms. The summed E-state index contributed by atoms with van der Waals surface area (Å²) in [5, 5.41) is 11.8. The van der Waals surface area contributed by atoms with Crippen LogP contribution in [0.5, 0.6) is 5.75 Å². The summed E-state index contributed by atoms with van der Waals surface area (Å²) in [6.45, 7) is 3.72. The van der Waals surface area contributed by atoms with Crippen molar-refractivity contribution in [2.45, 2.75) is 38.8 Å². The lowest BCUT2D eigenvalue weighted by molar-refractivity contribution is -0.121. The van der Waals surface area contributed by atoms with E-state index in [9.17, 15) is 9.18 Å². The van der Waals surface area contributed by atoms with Crippen LogP contribution in [0, 0.1) is 11.7 Å². The van der Waals surface area contributed by atoms with Crippen molar-refractivity contribution in [3.8, 4) is 5.75 Å². The van der Waals surface area contributed by atoms with Gasteiger partial charge in [0.2, 0.25) is 5.91 Å². The zero-order valence-electron chi connectivity index (χ0n) is 17.4. The van der Waals surface area contributed by atoms with Crippen molar-refractivity contribution in [2.24, 2.45) is 5.92 Å². The van der Waals surface area contributed by atoms with Gasteiger partial charge in [-0.15, -0.1) is 0 Å². The average Bonchev–Trinajstić information content (AvgIpc) is 2.77. The molecule has 0 bridgehead atoms. The monoisotopic (exact) mass is 414 g/mol. The second kappa shape index (κ2) is 11.7. The second-order valence-electron chi connectivity index (χ2n) is 7.88. The van der Waals surface area contributed by atoms with Crippen LogP contribution in [0.15, 0.2) is 48.5 Å². The van der Waals surface area contributed by atoms with Gasteiger partial charge < -0.3 is 15.2 Å². The lowest BCUT2D eigenvalue weighted by Gasteiger charge is -2.32. The van der Waals surface area contributed by atoms with Gasteiger partial charge >= 0.3 is 0 Å². The Balaban J connectivity index is 1.33. The topological polar surface area (TPSA) is 61.8 Å². The number of carbonyl (C=O) groups is 1. The first-order valence-electron chi connectivity index (χ1n) is 10.7. The van der Waals surface area contributed by atoms with Crippen molar-refractivity contribution in [1.29, 1.82) is 0 Å². The number of aliphatic hydroxyl groups excluding tert-OH is 1. The van der Waals surface area contributed by atoms with Crippen molar-refractivity contribution in [3.63, 3.8) is 0 Å². The molecule has 1 saturated heterocycles. The molecular formula is C24H31FN2O3. The van der Waals surface area contributed by atoms with Crippen molar-refractivity contribution >= 4 is 5.91 Å². The minimum absolute atomic E-state index is 0.0159. The quantitative estimate of drug-likeness (QED) is 0.625. The number of piperidine rings is 1. The van der Waals surface area contributed by atoms with Crippen molar-refractivity contribution in [1.82, 2.24) is 10.2 Å². The predicted molar refractivity (Wildman–Crippen MR) is 115 cm³/mol. The van der Waals surface area contributed by atoms with E-state index in [4.69, 9.17) is 9.84 Å². The number of amides is 1. The molecule has 0 atom stereocenters. The molecule has 0 aliphatic carbocycles. The predicted octanol–water partition coefficient (Wildman–Crippen LogP) is 3.51. The fraction of sp³-hybridized carbons (Fsp3) is 0.458. The Bertz CT molecular complexity index is 789. The SMILES string of the molecule is O=C(CCC1CCN(Cc2cccc(OCCO)c2)CC1)NCc1ccc(F)cc1. The largest absolute Gasteiger partial charge is 0.491 e. The summed E-state index contributed by atoms with van der Waals surface area (Å²) in [4.78, 5) is 14.6. The highest BCUT2D eigenvalue weighted by Crippen LogP contribution is 2.24. The molecule has 0 unspecified atom stereocenters. The molecule has 3 rings (SSSR count). The van der Waals surface area contributed by atoms with Gasteiger partial charge in [-0.2, -0.15) is 0 Å². The third-order valence-electron chi connectivity index (χ3n) is 5.55. The number of aliphatic hydroxyl groups is 1. The van der Waals surface area contributed by atoms with Gasteiger partial charge in [-0.1, -0.05) is 24.3 Å². The number of halogens is 1. The van der Waals surface area contributed by atoms with E-state index in [0.29, 0.717) is 25.5 Å². The molecule has 0 aromatic heterocycles. The van der Waals surface area contributed by atoms with Gasteiger partial charge in [0.05, 0.1) is 6.61 Å². The van der Waals surface area contributed by atoms with Gasteiger partial charge in [0.15, 0.2) is 0 Å². The molecule has 2 aromatic carbocycles. The number of hydrogen-bond acceptors (Lipinski definition) is 4. The molecular weight excluding hydrogens is 383 g/mol. The van der Waals surface area contributed by atoms with Gasteiger partial charge in [0.25, 0.3) is 0 Å². The Morgan fingerprint density at radius 2 is 1.90 bits per heavy atom. The highest BCUT2D eigenvalue weighted by atomic mass is 19.1. The fourth-order valence-corrected chi connectivity index (χ4v) is 3.82. The molecule has 0 spiro atoms. The number of rotatable bonds is 10. The zero-order valence-corrected chi connectivity index (χ0v) is 17.4. The summed E-state index contributed by atoms with van der Waals surface area (Å²) in [5.41, 5.74) is 2.12. The van der Waals surface area contributed by atoms with Gasteiger partial charge in [-0.25, -0.2) is 4.39 Å². The van der Waals surface area contributed by atoms with E-state index in [1.54, 1.807) is 12.1 Å². The first-order valence-corrected chi connectivity index (χ1v) is 10.7. The van der Waals surface area contributed by atoms with Gasteiger partial charge in [-0.05, 0) is 73.7 Å². The summed E-state index contributed by atoms with van der Waals surface area (Å²) in [6, 6.07) is 14.2. The van der Waals surface area contributed by atoms with Crippen LogP contribution in [-0.2, 0) is 17.9 Å². The van der Waals surface area contributed by atoms with Crippen LogP contribution in [-0.4, -0.2) is 42.2 Å². The maximum absolute atomic E-state index is 12.9. The van der Waals surface area contributed by atoms with Gasteiger partial charge in [0.1, 0.15) is 18.2 Å². The maximum Gasteiger partial charge on any atom is 0.220 e. The first-order chi connectivity index (χ1) is 14.6. The summed E-state index contributed by atoms with van der Waals surface area (Å²) in [6.07, 6.45) is 3.65. The Labute approximate surface area is 177 Å². The molecule has 1 aliphatic heterocycles. The van der Waals surface area contributed by atoms with E-state index in [1.165, 1.54) is 17.7 Å². The first kappa shape index (κ1) is 22.2. The van der Waals surface area contributed by atoms with Crippen molar-refractivity contribution in [2.75, 3.05) is 26.3 Å². The molecule has 2 aromatic rings. The molecule has 30 heavy (non-hydrogen) atoms. The molecule has 1 amide bonds. The second-order valence-corrected chi connectivity index (χ2v) is 7.88. The minimum atomic E-state index is -0.265. The number of carbonyl (C=O) groups excluding carboxylic acids is 1. The number of nitrogens with one attached hydrogen (secondary N) is 1. The van der Waals surface area contributed by atoms with E-state index in [-0.39, 0.29) is 18.3 Å². The highest BCUT2D eigenvalue weighted by molar-refractivity contribution is 5.75. The third kappa shape index (κ3) is 7.43. The molecule has 1 fully saturated rings. The van der Waals surface area contributed by atoms with Crippen LogP contribution in [0.4, 0.5) is 4.39 Å². The Hall–Kier alpha value is -2.44. The molecule has 1 aliphatic rings. The maximum atomic E-state index is 12.9. The number of hydrogen-bond donors (Lipinski definition) is 2. The van der Waals surface area contributed by atoms with Crippen LogP contribution >= 0.6 is 0 Å². The van der Waals surface area contributed by atoms with E-state index in [0.717, 1.165) is 50.2 Å². The van der Waals surface area contributed by atoms with E-state index >= 15 is 0 Å². The standard InChI is InChI=1S/C24H31FN2O3/c25-22-7-4-20(5-8-22)17-26-24(29)9-6-19-10-12-27(13-11-19)18-21-2-1-3-23(16-21)30-15-14-28/h1-5,7-8,16,19,28H,6,9-15,17-18H2,(H,26,29). The van der Waals surface area contributed by atoms with Crippen molar-refractivity contribution < 1.29 is 19.0 Å². The summed E-state index contributed by atoms with van der Waals surface area (Å²) in [5.74, 6) is 1.17. The molecule has 162 valence electrons. The summed E-state index contributed by atoms with van der Waals surface area (Å²) >= 11 is 0. The minimum Gasteiger partial charge on any atom is -0.491 e. The smallest absolute Gasteiger partial charge is 0.220 e. The molecule has 0 saturated carbocycles. The molecule has 1 heterocycles. The van der Waals surface area contributed by atoms with Crippen LogP contribution in [0.25, 0.3) is 0 Å². The number of benzene rings is 2. The Morgan fingerprint density at radius 1 is 1.13 bits per heavy atom. The number of nitrogens with zero attached hydrogens (tertiary/aromatic N) is 1. The average molecular weight is 415 g/mol. The Kier molecular flexibility index (Phi) is 8.66. The van der Waals surface area contributed by atoms with E-state index in [1.807, 2.05) is 18.2 Å². The van der Waals surface area contributed by atoms with E-state index < -0.39 is 0 Å². The lowest BCUT2D eigenvalue weighted by atomic mass is 9.92. The third-order valence-corrected chi connectivity index (χ3v) is 5.55. The number of likely N-dealkylation sites (tertiary alicyclic amines) is 1. The van der Waals surface area contributed by atoms with Crippen LogP contribution in [0.3, 0.4) is 0 Å². The van der Waals surface area contributed by atoms with Gasteiger partial charge in [0, 0.05) is 19.5 Å². The normalized spacial score (nSPS) is 15.1. The van der Waals surface area contributed by atoms with Gasteiger partial charge in [-0.3, -0.25) is 9.69 Å². The molecule has 5 nitrogen and oxygen atoms in total. The molecule has 0 radical (unpaired) electrons. The van der Waals surface area contributed by atoms with Crippen LogP contribution < -0.4 is 10.1 Å². The lowest BCUT2D eigenvalue weighted by Crippen LogP contribution is -2.33. The summed E-state index contributed by atoms with van der Waals surface area (Å²) < 4.78 is 18.4. The highest BCUT2D eigenvalue weighted by Gasteiger charge is 2.20.